The maximum atomic E-state index is 12.7. The second-order valence-electron chi connectivity index (χ2n) is 8.54. The topological polar surface area (TPSA) is 34.9 Å². The lowest BCUT2D eigenvalue weighted by Gasteiger charge is -2.50. The van der Waals surface area contributed by atoms with E-state index in [9.17, 15) is 4.79 Å². The second kappa shape index (κ2) is 7.24. The fourth-order valence-electron chi connectivity index (χ4n) is 5.72. The Hall–Kier alpha value is -2.20. The van der Waals surface area contributed by atoms with Crippen molar-refractivity contribution < 1.29 is 4.79 Å². The molecular weight excluding hydrogens is 424 g/mol. The quantitative estimate of drug-likeness (QED) is 0.526. The Morgan fingerprint density at radius 1 is 1.10 bits per heavy atom. The number of rotatable bonds is 3. The van der Waals surface area contributed by atoms with E-state index in [0.717, 1.165) is 30.3 Å². The molecule has 0 radical (unpaired) electrons. The van der Waals surface area contributed by atoms with Crippen LogP contribution in [0.15, 0.2) is 65.3 Å². The third-order valence-electron chi connectivity index (χ3n) is 7.11. The predicted octanol–water partition coefficient (Wildman–Crippen LogP) is 5.54. The molecule has 1 aromatic heterocycles. The Morgan fingerprint density at radius 2 is 1.86 bits per heavy atom. The standard InChI is InChI=1S/C25H25BrN2O/c1-17-22-12-9-19-15-27-28(16-18-7-10-21(26)11-8-18)24(19)25(22,14-13-23(17)29)20-5-3-2-4-6-20/h2-8,10-11,15,17,22H,9,12-14,16H2,1H3. The number of aryl methyl sites for hydroxylation is 1. The molecule has 0 spiro atoms. The van der Waals surface area contributed by atoms with Crippen LogP contribution < -0.4 is 0 Å². The highest BCUT2D eigenvalue weighted by Crippen LogP contribution is 2.55. The van der Waals surface area contributed by atoms with Crippen molar-refractivity contribution in [2.45, 2.75) is 44.6 Å². The summed E-state index contributed by atoms with van der Waals surface area (Å²) in [6.07, 6.45) is 5.65. The van der Waals surface area contributed by atoms with Crippen molar-refractivity contribution in [3.63, 3.8) is 0 Å². The van der Waals surface area contributed by atoms with Gasteiger partial charge in [0.1, 0.15) is 5.78 Å². The highest BCUT2D eigenvalue weighted by molar-refractivity contribution is 9.10. The van der Waals surface area contributed by atoms with Gasteiger partial charge in [-0.05, 0) is 54.0 Å². The molecule has 4 heteroatoms. The van der Waals surface area contributed by atoms with Gasteiger partial charge < -0.3 is 0 Å². The number of carbonyl (C=O) groups is 1. The Bertz CT molecular complexity index is 1040. The maximum absolute atomic E-state index is 12.7. The molecule has 3 atom stereocenters. The molecule has 1 heterocycles. The van der Waals surface area contributed by atoms with Crippen molar-refractivity contribution in [1.82, 2.24) is 9.78 Å². The molecule has 29 heavy (non-hydrogen) atoms. The third kappa shape index (κ3) is 3.00. The van der Waals surface area contributed by atoms with Crippen LogP contribution in [0.3, 0.4) is 0 Å². The number of halogens is 1. The van der Waals surface area contributed by atoms with Gasteiger partial charge in [-0.2, -0.15) is 5.10 Å². The minimum Gasteiger partial charge on any atom is -0.299 e. The summed E-state index contributed by atoms with van der Waals surface area (Å²) in [6, 6.07) is 19.3. The van der Waals surface area contributed by atoms with E-state index in [-0.39, 0.29) is 11.3 Å². The van der Waals surface area contributed by atoms with E-state index in [0.29, 0.717) is 18.1 Å². The van der Waals surface area contributed by atoms with E-state index in [4.69, 9.17) is 5.10 Å². The molecule has 1 fully saturated rings. The van der Waals surface area contributed by atoms with Gasteiger partial charge in [0, 0.05) is 22.2 Å². The average molecular weight is 449 g/mol. The molecule has 5 rings (SSSR count). The van der Waals surface area contributed by atoms with Crippen LogP contribution in [0.5, 0.6) is 0 Å². The number of carbonyl (C=O) groups excluding carboxylic acids is 1. The number of Topliss-reactive ketones (excluding diaryl/α,β-unsaturated/α-hetero) is 1. The number of fused-ring (bicyclic) bond motifs is 3. The Morgan fingerprint density at radius 3 is 2.62 bits per heavy atom. The summed E-state index contributed by atoms with van der Waals surface area (Å²) in [7, 11) is 0. The lowest BCUT2D eigenvalue weighted by molar-refractivity contribution is -0.128. The molecule has 3 nitrogen and oxygen atoms in total. The summed E-state index contributed by atoms with van der Waals surface area (Å²) in [5.41, 5.74) is 5.13. The molecule has 148 valence electrons. The van der Waals surface area contributed by atoms with Crippen LogP contribution in [0.4, 0.5) is 0 Å². The lowest BCUT2D eigenvalue weighted by atomic mass is 9.53. The zero-order valence-electron chi connectivity index (χ0n) is 16.6. The molecule has 2 aliphatic carbocycles. The van der Waals surface area contributed by atoms with Crippen molar-refractivity contribution >= 4 is 21.7 Å². The van der Waals surface area contributed by atoms with Gasteiger partial charge in [-0.15, -0.1) is 0 Å². The van der Waals surface area contributed by atoms with Gasteiger partial charge in [0.2, 0.25) is 0 Å². The van der Waals surface area contributed by atoms with Gasteiger partial charge in [0.05, 0.1) is 18.4 Å². The molecule has 3 aromatic rings. The number of benzene rings is 2. The van der Waals surface area contributed by atoms with Crippen LogP contribution in [0, 0.1) is 11.8 Å². The largest absolute Gasteiger partial charge is 0.299 e. The maximum Gasteiger partial charge on any atom is 0.136 e. The molecule has 1 saturated carbocycles. The molecular formula is C25H25BrN2O. The number of aromatic nitrogens is 2. The first kappa shape index (κ1) is 18.8. The van der Waals surface area contributed by atoms with Crippen molar-refractivity contribution in [3.8, 4) is 0 Å². The van der Waals surface area contributed by atoms with Crippen molar-refractivity contribution in [2.75, 3.05) is 0 Å². The first-order chi connectivity index (χ1) is 14.1. The monoisotopic (exact) mass is 448 g/mol. The van der Waals surface area contributed by atoms with E-state index >= 15 is 0 Å². The van der Waals surface area contributed by atoms with Crippen LogP contribution in [-0.4, -0.2) is 15.6 Å². The SMILES string of the molecule is CC1C(=O)CCC2(c3ccccc3)c3c(cnn3Cc3ccc(Br)cc3)CCC12. The number of ketones is 1. The predicted molar refractivity (Wildman–Crippen MR) is 118 cm³/mol. The van der Waals surface area contributed by atoms with Crippen LogP contribution in [0.25, 0.3) is 0 Å². The molecule has 0 bridgehead atoms. The van der Waals surface area contributed by atoms with Crippen molar-refractivity contribution in [1.29, 1.82) is 0 Å². The van der Waals surface area contributed by atoms with Gasteiger partial charge in [-0.3, -0.25) is 9.48 Å². The zero-order valence-corrected chi connectivity index (χ0v) is 18.2. The molecule has 0 saturated heterocycles. The number of nitrogens with zero attached hydrogens (tertiary/aromatic N) is 2. The summed E-state index contributed by atoms with van der Waals surface area (Å²) in [4.78, 5) is 12.7. The summed E-state index contributed by atoms with van der Waals surface area (Å²) in [5.74, 6) is 0.844. The van der Waals surface area contributed by atoms with Crippen LogP contribution >= 0.6 is 15.9 Å². The van der Waals surface area contributed by atoms with E-state index < -0.39 is 0 Å². The van der Waals surface area contributed by atoms with E-state index in [2.05, 4.69) is 88.3 Å². The van der Waals surface area contributed by atoms with Gasteiger partial charge in [-0.1, -0.05) is 65.3 Å². The first-order valence-corrected chi connectivity index (χ1v) is 11.3. The number of hydrogen-bond donors (Lipinski definition) is 0. The van der Waals surface area contributed by atoms with E-state index in [1.54, 1.807) is 0 Å². The minimum absolute atomic E-state index is 0.0909. The Labute approximate surface area is 180 Å². The molecule has 0 aliphatic heterocycles. The average Bonchev–Trinajstić information content (AvgIpc) is 3.16. The zero-order chi connectivity index (χ0) is 20.0. The van der Waals surface area contributed by atoms with Crippen molar-refractivity contribution in [3.05, 3.63) is 87.7 Å². The summed E-state index contributed by atoms with van der Waals surface area (Å²) < 4.78 is 3.30. The highest BCUT2D eigenvalue weighted by Gasteiger charge is 2.53. The number of hydrogen-bond acceptors (Lipinski definition) is 2. The first-order valence-electron chi connectivity index (χ1n) is 10.5. The summed E-state index contributed by atoms with van der Waals surface area (Å²) in [6.45, 7) is 2.90. The van der Waals surface area contributed by atoms with Crippen LogP contribution in [0.1, 0.15) is 48.6 Å². The second-order valence-corrected chi connectivity index (χ2v) is 9.46. The Kier molecular flexibility index (Phi) is 4.70. The summed E-state index contributed by atoms with van der Waals surface area (Å²) in [5, 5.41) is 4.84. The molecule has 3 unspecified atom stereocenters. The lowest BCUT2D eigenvalue weighted by Crippen LogP contribution is -2.50. The third-order valence-corrected chi connectivity index (χ3v) is 7.64. The molecule has 2 aromatic carbocycles. The smallest absolute Gasteiger partial charge is 0.136 e. The molecule has 0 N–H and O–H groups in total. The Balaban J connectivity index is 1.67. The van der Waals surface area contributed by atoms with Gasteiger partial charge in [0.25, 0.3) is 0 Å². The van der Waals surface area contributed by atoms with Crippen molar-refractivity contribution in [2.24, 2.45) is 11.8 Å². The van der Waals surface area contributed by atoms with E-state index in [1.165, 1.54) is 22.4 Å². The molecule has 0 amide bonds. The summed E-state index contributed by atoms with van der Waals surface area (Å²) >= 11 is 3.53. The van der Waals surface area contributed by atoms with Gasteiger partial charge in [0.15, 0.2) is 0 Å². The van der Waals surface area contributed by atoms with Crippen LogP contribution in [0.2, 0.25) is 0 Å². The minimum atomic E-state index is -0.131. The molecule has 2 aliphatic rings. The van der Waals surface area contributed by atoms with Crippen LogP contribution in [-0.2, 0) is 23.2 Å². The van der Waals surface area contributed by atoms with Gasteiger partial charge in [-0.25, -0.2) is 0 Å². The normalized spacial score (nSPS) is 26.1. The van der Waals surface area contributed by atoms with E-state index in [1.807, 2.05) is 0 Å². The fraction of sp³-hybridized carbons (Fsp3) is 0.360. The van der Waals surface area contributed by atoms with Gasteiger partial charge >= 0.3 is 0 Å². The highest BCUT2D eigenvalue weighted by atomic mass is 79.9. The fourth-order valence-corrected chi connectivity index (χ4v) is 5.99.